The van der Waals surface area contributed by atoms with Crippen LogP contribution in [0, 0.1) is 0 Å². The fourth-order valence-electron chi connectivity index (χ4n) is 4.07. The van der Waals surface area contributed by atoms with Gasteiger partial charge in [0.15, 0.2) is 0 Å². The molecule has 1 amide bonds. The highest BCUT2D eigenvalue weighted by molar-refractivity contribution is 7.88. The summed E-state index contributed by atoms with van der Waals surface area (Å²) < 4.78 is 31.9. The van der Waals surface area contributed by atoms with Gasteiger partial charge in [0, 0.05) is 31.1 Å². The van der Waals surface area contributed by atoms with Crippen LogP contribution in [0.3, 0.4) is 0 Å². The molecule has 0 aromatic heterocycles. The molecule has 1 fully saturated rings. The third-order valence-corrected chi connectivity index (χ3v) is 7.27. The van der Waals surface area contributed by atoms with Crippen LogP contribution in [0.5, 0.6) is 5.75 Å². The Hall–Kier alpha value is -2.38. The number of carbonyl (C=O) groups excluding carboxylic acids is 1. The molecule has 6 nitrogen and oxygen atoms in total. The Morgan fingerprint density at radius 2 is 1.87 bits per heavy atom. The lowest BCUT2D eigenvalue weighted by molar-refractivity contribution is -0.134. The summed E-state index contributed by atoms with van der Waals surface area (Å²) in [6, 6.07) is 15.9. The lowest BCUT2D eigenvalue weighted by Gasteiger charge is -2.26. The highest BCUT2D eigenvalue weighted by atomic mass is 32.2. The molecule has 1 unspecified atom stereocenters. The van der Waals surface area contributed by atoms with Crippen molar-refractivity contribution in [1.29, 1.82) is 0 Å². The highest BCUT2D eigenvalue weighted by Gasteiger charge is 2.35. The monoisotopic (exact) mass is 442 g/mol. The molecule has 0 spiro atoms. The molecule has 1 atom stereocenters. The maximum atomic E-state index is 13.0. The second-order valence-corrected chi connectivity index (χ2v) is 10.6. The van der Waals surface area contributed by atoms with E-state index < -0.39 is 10.0 Å². The number of fused-ring (bicyclic) bond motifs is 1. The molecular formula is C24H30N2O4S. The Kier molecular flexibility index (Phi) is 6.34. The van der Waals surface area contributed by atoms with Gasteiger partial charge < -0.3 is 9.64 Å². The van der Waals surface area contributed by atoms with Crippen LogP contribution in [-0.4, -0.2) is 48.5 Å². The summed E-state index contributed by atoms with van der Waals surface area (Å²) in [7, 11) is -3.26. The zero-order chi connectivity index (χ0) is 22.0. The number of carbonyl (C=O) groups is 1. The number of ether oxygens (including phenoxy) is 1. The van der Waals surface area contributed by atoms with Crippen LogP contribution in [0.15, 0.2) is 48.5 Å². The molecule has 1 heterocycles. The van der Waals surface area contributed by atoms with E-state index in [1.165, 1.54) is 6.26 Å². The summed E-state index contributed by atoms with van der Waals surface area (Å²) in [5.41, 5.74) is 3.00. The molecule has 0 bridgehead atoms. The molecule has 1 aliphatic carbocycles. The first kappa shape index (κ1) is 21.8. The van der Waals surface area contributed by atoms with Crippen LogP contribution in [0.1, 0.15) is 42.9 Å². The number of hydrogen-bond acceptors (Lipinski definition) is 4. The molecule has 2 aromatic carbocycles. The predicted octanol–water partition coefficient (Wildman–Crippen LogP) is 3.35. The van der Waals surface area contributed by atoms with E-state index in [1.807, 2.05) is 60.4 Å². The van der Waals surface area contributed by atoms with Crippen molar-refractivity contribution < 1.29 is 17.9 Å². The summed E-state index contributed by atoms with van der Waals surface area (Å²) >= 11 is 0. The van der Waals surface area contributed by atoms with Crippen molar-refractivity contribution in [1.82, 2.24) is 9.21 Å². The zero-order valence-corrected chi connectivity index (χ0v) is 19.0. The van der Waals surface area contributed by atoms with Crippen LogP contribution < -0.4 is 4.74 Å². The van der Waals surface area contributed by atoms with E-state index in [2.05, 4.69) is 0 Å². The van der Waals surface area contributed by atoms with Crippen molar-refractivity contribution in [2.75, 3.05) is 12.9 Å². The predicted molar refractivity (Wildman–Crippen MR) is 120 cm³/mol. The number of hydrogen-bond donors (Lipinski definition) is 0. The standard InChI is InChI=1S/C24H30N2O4S/c1-18-17-30-23-12-8-20(15-26(22-10-11-22)31(2,28)29)14-21(23)16-25(18)24(27)13-9-19-6-4-3-5-7-19/h3-8,12,14,18,22H,9-11,13,15-17H2,1-2H3. The zero-order valence-electron chi connectivity index (χ0n) is 18.2. The third kappa shape index (κ3) is 5.46. The minimum Gasteiger partial charge on any atom is -0.491 e. The first-order valence-corrected chi connectivity index (χ1v) is 12.7. The Balaban J connectivity index is 1.49. The maximum Gasteiger partial charge on any atom is 0.223 e. The van der Waals surface area contributed by atoms with Crippen LogP contribution in [0.2, 0.25) is 0 Å². The minimum absolute atomic E-state index is 0.0295. The van der Waals surface area contributed by atoms with Crippen molar-refractivity contribution >= 4 is 15.9 Å². The van der Waals surface area contributed by atoms with Gasteiger partial charge in [0.2, 0.25) is 15.9 Å². The summed E-state index contributed by atoms with van der Waals surface area (Å²) in [5.74, 6) is 0.875. The van der Waals surface area contributed by atoms with Gasteiger partial charge >= 0.3 is 0 Å². The van der Waals surface area contributed by atoms with Gasteiger partial charge in [-0.25, -0.2) is 8.42 Å². The SMILES string of the molecule is CC1COc2ccc(CN(C3CC3)S(C)(=O)=O)cc2CN1C(=O)CCc1ccccc1. The molecule has 31 heavy (non-hydrogen) atoms. The van der Waals surface area contributed by atoms with Crippen molar-refractivity contribution in [3.63, 3.8) is 0 Å². The van der Waals surface area contributed by atoms with Gasteiger partial charge in [-0.2, -0.15) is 4.31 Å². The van der Waals surface area contributed by atoms with Gasteiger partial charge in [-0.15, -0.1) is 0 Å². The number of amides is 1. The molecule has 2 aromatic rings. The van der Waals surface area contributed by atoms with Crippen LogP contribution in [0.25, 0.3) is 0 Å². The van der Waals surface area contributed by atoms with Gasteiger partial charge in [-0.1, -0.05) is 36.4 Å². The van der Waals surface area contributed by atoms with E-state index in [1.54, 1.807) is 4.31 Å². The molecule has 2 aliphatic rings. The first-order chi connectivity index (χ1) is 14.8. The smallest absolute Gasteiger partial charge is 0.223 e. The highest BCUT2D eigenvalue weighted by Crippen LogP contribution is 2.32. The summed E-state index contributed by atoms with van der Waals surface area (Å²) in [6.07, 6.45) is 4.27. The van der Waals surface area contributed by atoms with Gasteiger partial charge in [0.05, 0.1) is 12.3 Å². The number of sulfonamides is 1. The first-order valence-electron chi connectivity index (χ1n) is 10.9. The topological polar surface area (TPSA) is 66.9 Å². The van der Waals surface area contributed by atoms with Gasteiger partial charge in [-0.3, -0.25) is 4.79 Å². The lowest BCUT2D eigenvalue weighted by Crippen LogP contribution is -2.40. The molecule has 1 saturated carbocycles. The maximum absolute atomic E-state index is 13.0. The van der Waals surface area contributed by atoms with E-state index >= 15 is 0 Å². The van der Waals surface area contributed by atoms with E-state index in [-0.39, 0.29) is 18.0 Å². The number of benzene rings is 2. The minimum atomic E-state index is -3.26. The number of rotatable bonds is 7. The Bertz CT molecular complexity index is 1030. The van der Waals surface area contributed by atoms with Crippen molar-refractivity contribution in [2.24, 2.45) is 0 Å². The average molecular weight is 443 g/mol. The molecule has 0 radical (unpaired) electrons. The third-order valence-electron chi connectivity index (χ3n) is 5.99. The number of aryl methyl sites for hydroxylation is 1. The van der Waals surface area contributed by atoms with E-state index in [0.717, 1.165) is 35.3 Å². The Labute approximate surface area is 184 Å². The molecule has 0 N–H and O–H groups in total. The van der Waals surface area contributed by atoms with Crippen LogP contribution >= 0.6 is 0 Å². The molecule has 166 valence electrons. The molecular weight excluding hydrogens is 412 g/mol. The quantitative estimate of drug-likeness (QED) is 0.660. The fourth-order valence-corrected chi connectivity index (χ4v) is 5.20. The summed E-state index contributed by atoms with van der Waals surface area (Å²) in [5, 5.41) is 0. The van der Waals surface area contributed by atoms with Gasteiger partial charge in [0.1, 0.15) is 12.4 Å². The van der Waals surface area contributed by atoms with Crippen molar-refractivity contribution in [3.05, 3.63) is 65.2 Å². The average Bonchev–Trinajstić information content (AvgIpc) is 3.58. The molecule has 4 rings (SSSR count). The molecule has 7 heteroatoms. The summed E-state index contributed by atoms with van der Waals surface area (Å²) in [6.45, 7) is 3.28. The van der Waals surface area contributed by atoms with E-state index in [0.29, 0.717) is 32.5 Å². The van der Waals surface area contributed by atoms with E-state index in [9.17, 15) is 13.2 Å². The largest absolute Gasteiger partial charge is 0.491 e. The normalized spacial score (nSPS) is 18.9. The second kappa shape index (κ2) is 9.01. The van der Waals surface area contributed by atoms with Gasteiger partial charge in [0.25, 0.3) is 0 Å². The lowest BCUT2D eigenvalue weighted by atomic mass is 10.1. The second-order valence-electron chi connectivity index (χ2n) is 8.65. The number of nitrogens with zero attached hydrogens (tertiary/aromatic N) is 2. The molecule has 1 aliphatic heterocycles. The fraction of sp³-hybridized carbons (Fsp3) is 0.458. The Morgan fingerprint density at radius 1 is 1.13 bits per heavy atom. The van der Waals surface area contributed by atoms with Gasteiger partial charge in [-0.05, 0) is 49.4 Å². The van der Waals surface area contributed by atoms with Crippen LogP contribution in [0.4, 0.5) is 0 Å². The van der Waals surface area contributed by atoms with Crippen molar-refractivity contribution in [3.8, 4) is 5.75 Å². The Morgan fingerprint density at radius 3 is 2.55 bits per heavy atom. The summed E-state index contributed by atoms with van der Waals surface area (Å²) in [4.78, 5) is 14.9. The van der Waals surface area contributed by atoms with E-state index in [4.69, 9.17) is 4.74 Å². The van der Waals surface area contributed by atoms with Crippen molar-refractivity contribution in [2.45, 2.75) is 57.8 Å². The van der Waals surface area contributed by atoms with Crippen LogP contribution in [-0.2, 0) is 34.3 Å². The molecule has 0 saturated heterocycles.